The van der Waals surface area contributed by atoms with Crippen molar-refractivity contribution in [2.24, 2.45) is 11.8 Å². The zero-order chi connectivity index (χ0) is 43.5. The third-order valence-electron chi connectivity index (χ3n) is 9.52. The maximum absolute atomic E-state index is 12.7. The summed E-state index contributed by atoms with van der Waals surface area (Å²) in [6.07, 6.45) is -0.504. The molecule has 0 aliphatic carbocycles. The fraction of sp³-hybridized carbons (Fsp3) is 0.767. The summed E-state index contributed by atoms with van der Waals surface area (Å²) >= 11 is 0. The molecule has 2 aliphatic heterocycles. The molecule has 2 fully saturated rings. The number of nitrogens with zero attached hydrogens (tertiary/aromatic N) is 6. The van der Waals surface area contributed by atoms with Gasteiger partial charge in [0.25, 0.3) is 0 Å². The van der Waals surface area contributed by atoms with Crippen LogP contribution in [-0.2, 0) is 30.4 Å². The Morgan fingerprint density at radius 2 is 1.02 bits per heavy atom. The van der Waals surface area contributed by atoms with E-state index in [-0.39, 0.29) is 43.5 Å². The lowest BCUT2D eigenvalue weighted by molar-refractivity contribution is -0.152. The van der Waals surface area contributed by atoms with Gasteiger partial charge in [0.2, 0.25) is 0 Å². The van der Waals surface area contributed by atoms with E-state index in [0.717, 1.165) is 58.5 Å². The summed E-state index contributed by atoms with van der Waals surface area (Å²) in [5.41, 5.74) is 0.0428. The third kappa shape index (κ3) is 21.0. The zero-order valence-corrected chi connectivity index (χ0v) is 37.3. The van der Waals surface area contributed by atoms with Crippen molar-refractivity contribution in [2.75, 3.05) is 99.7 Å². The van der Waals surface area contributed by atoms with Gasteiger partial charge in [-0.15, -0.1) is 0 Å². The molecule has 58 heavy (non-hydrogen) atoms. The van der Waals surface area contributed by atoms with Crippen molar-refractivity contribution < 1.29 is 43.6 Å². The molecule has 0 radical (unpaired) electrons. The topological polar surface area (TPSA) is 156 Å². The molecule has 2 atom stereocenters. The predicted molar refractivity (Wildman–Crippen MR) is 230 cm³/mol. The Balaban J connectivity index is 0.00000109. The number of likely N-dealkylation sites (N-methyl/N-ethyl adjacent to an activating group) is 2. The highest BCUT2D eigenvalue weighted by atomic mass is 16.6. The lowest BCUT2D eigenvalue weighted by atomic mass is 10.0. The number of rotatable bonds is 14. The molecular weight excluding hydrogens is 745 g/mol. The Hall–Kier alpha value is -3.50. The van der Waals surface area contributed by atoms with E-state index in [1.807, 2.05) is 119 Å². The van der Waals surface area contributed by atoms with Crippen LogP contribution in [0.5, 0.6) is 0 Å². The zero-order valence-electron chi connectivity index (χ0n) is 37.3. The number of aliphatic carboxylic acids is 1. The summed E-state index contributed by atoms with van der Waals surface area (Å²) in [7, 11) is 4.83. The van der Waals surface area contributed by atoms with Crippen LogP contribution < -0.4 is 0 Å². The number of carbonyl (C=O) groups is 4. The highest BCUT2D eigenvalue weighted by Gasteiger charge is 2.31. The Morgan fingerprint density at radius 1 is 0.655 bits per heavy atom. The SMILES string of the molecule is C.CC(C)[C@@H](C(=O)O)N(C)CCN1CCN(C(=O)OC(C)(C)C)CC1.CC(C)[C@@H](C(=O)OCc1ccccc1)N(C)CCN1CCN(C(=O)OC(C)(C)C)CC1.CO. The molecule has 15 heteroatoms. The van der Waals surface area contributed by atoms with Gasteiger partial charge in [0, 0.05) is 85.6 Å². The Morgan fingerprint density at radius 3 is 1.34 bits per heavy atom. The van der Waals surface area contributed by atoms with Crippen molar-refractivity contribution in [3.8, 4) is 0 Å². The number of piperazine rings is 2. The number of carbonyl (C=O) groups excluding carboxylic acids is 3. The summed E-state index contributed by atoms with van der Waals surface area (Å²) in [5.74, 6) is -0.743. The van der Waals surface area contributed by atoms with Crippen molar-refractivity contribution in [3.63, 3.8) is 0 Å². The number of ether oxygens (including phenoxy) is 3. The van der Waals surface area contributed by atoms with E-state index < -0.39 is 23.2 Å². The largest absolute Gasteiger partial charge is 0.480 e. The lowest BCUT2D eigenvalue weighted by Gasteiger charge is -2.37. The summed E-state index contributed by atoms with van der Waals surface area (Å²) < 4.78 is 16.4. The molecule has 0 saturated carbocycles. The molecule has 1 aromatic rings. The second kappa shape index (κ2) is 26.6. The van der Waals surface area contributed by atoms with Crippen molar-refractivity contribution in [1.29, 1.82) is 0 Å². The van der Waals surface area contributed by atoms with E-state index in [1.165, 1.54) is 0 Å². The van der Waals surface area contributed by atoms with Gasteiger partial charge >= 0.3 is 24.1 Å². The maximum Gasteiger partial charge on any atom is 0.410 e. The Kier molecular flexibility index (Phi) is 25.0. The maximum atomic E-state index is 12.7. The van der Waals surface area contributed by atoms with Crippen molar-refractivity contribution >= 4 is 24.1 Å². The van der Waals surface area contributed by atoms with E-state index in [2.05, 4.69) is 14.7 Å². The number of esters is 1. The molecule has 15 nitrogen and oxygen atoms in total. The van der Waals surface area contributed by atoms with E-state index >= 15 is 0 Å². The third-order valence-corrected chi connectivity index (χ3v) is 9.52. The number of amides is 2. The molecule has 1 aromatic carbocycles. The molecule has 0 bridgehead atoms. The molecule has 2 saturated heterocycles. The molecule has 2 amide bonds. The highest BCUT2D eigenvalue weighted by Crippen LogP contribution is 2.16. The summed E-state index contributed by atoms with van der Waals surface area (Å²) in [4.78, 5) is 60.4. The minimum Gasteiger partial charge on any atom is -0.480 e. The summed E-state index contributed by atoms with van der Waals surface area (Å²) in [6, 6.07) is 9.00. The monoisotopic (exact) mass is 825 g/mol. The van der Waals surface area contributed by atoms with Gasteiger partial charge < -0.3 is 34.2 Å². The molecule has 0 spiro atoms. The number of aliphatic hydroxyl groups excluding tert-OH is 1. The van der Waals surface area contributed by atoms with Crippen LogP contribution in [0, 0.1) is 11.8 Å². The number of benzene rings is 1. The molecular formula is C43H80N6O9. The molecule has 336 valence electrons. The quantitative estimate of drug-likeness (QED) is 0.190. The fourth-order valence-corrected chi connectivity index (χ4v) is 6.60. The van der Waals surface area contributed by atoms with E-state index in [1.54, 1.807) is 9.80 Å². The fourth-order valence-electron chi connectivity index (χ4n) is 6.60. The standard InChI is InChI=1S/C24H39N3O4.C17H33N3O4.CH4O.CH4/c1-19(2)21(22(28)30-18-20-10-8-7-9-11-20)25(6)12-13-26-14-16-27(17-15-26)23(29)31-24(3,4)5;1-13(2)14(15(21)22)18(6)7-8-19-9-11-20(12-10-19)16(23)24-17(3,4)5;1-2;/h7-11,19,21H,12-18H2,1-6H3;13-14H,7-12H2,1-6H3,(H,21,22);2H,1H3;1H4/t21-;14-;;/m00../s1. The van der Waals surface area contributed by atoms with Crippen LogP contribution in [0.1, 0.15) is 82.2 Å². The van der Waals surface area contributed by atoms with Crippen molar-refractivity contribution in [1.82, 2.24) is 29.4 Å². The smallest absolute Gasteiger partial charge is 0.410 e. The second-order valence-corrected chi connectivity index (χ2v) is 17.4. The van der Waals surface area contributed by atoms with Crippen LogP contribution in [0.15, 0.2) is 30.3 Å². The van der Waals surface area contributed by atoms with Crippen LogP contribution in [0.2, 0.25) is 0 Å². The number of hydrogen-bond donors (Lipinski definition) is 2. The van der Waals surface area contributed by atoms with Gasteiger partial charge in [-0.1, -0.05) is 65.5 Å². The van der Waals surface area contributed by atoms with E-state index in [9.17, 15) is 24.3 Å². The van der Waals surface area contributed by atoms with Crippen molar-refractivity contribution in [2.45, 2.75) is 107 Å². The van der Waals surface area contributed by atoms with Crippen molar-refractivity contribution in [3.05, 3.63) is 35.9 Å². The van der Waals surface area contributed by atoms with Gasteiger partial charge in [0.15, 0.2) is 0 Å². The van der Waals surface area contributed by atoms with Gasteiger partial charge in [0.1, 0.15) is 29.9 Å². The van der Waals surface area contributed by atoms with Crippen LogP contribution in [-0.4, -0.2) is 187 Å². The number of carboxylic acid groups (broad SMARTS) is 1. The van der Waals surface area contributed by atoms with Gasteiger partial charge in [-0.05, 0) is 73.0 Å². The minimum atomic E-state index is -0.776. The van der Waals surface area contributed by atoms with Crippen LogP contribution >= 0.6 is 0 Å². The molecule has 0 unspecified atom stereocenters. The lowest BCUT2D eigenvalue weighted by Crippen LogP contribution is -2.52. The molecule has 3 rings (SSSR count). The molecule has 2 N–H and O–H groups in total. The van der Waals surface area contributed by atoms with Gasteiger partial charge in [-0.3, -0.25) is 29.2 Å². The minimum absolute atomic E-state index is 0. The number of carboxylic acids is 1. The van der Waals surface area contributed by atoms with Gasteiger partial charge in [0.05, 0.1) is 0 Å². The van der Waals surface area contributed by atoms with Crippen LogP contribution in [0.4, 0.5) is 9.59 Å². The highest BCUT2D eigenvalue weighted by molar-refractivity contribution is 5.76. The Bertz CT molecular complexity index is 1320. The van der Waals surface area contributed by atoms with Gasteiger partial charge in [-0.2, -0.15) is 0 Å². The first-order valence-electron chi connectivity index (χ1n) is 20.3. The first kappa shape index (κ1) is 54.5. The average molecular weight is 825 g/mol. The molecule has 0 aromatic heterocycles. The van der Waals surface area contributed by atoms with E-state index in [0.29, 0.717) is 39.3 Å². The molecule has 2 aliphatic rings. The molecule has 2 heterocycles. The summed E-state index contributed by atoms with van der Waals surface area (Å²) in [6.45, 7) is 28.4. The van der Waals surface area contributed by atoms with E-state index in [4.69, 9.17) is 19.3 Å². The first-order chi connectivity index (χ1) is 26.6. The Labute approximate surface area is 350 Å². The number of hydrogen-bond acceptors (Lipinski definition) is 12. The average Bonchev–Trinajstić information content (AvgIpc) is 3.12. The second-order valence-electron chi connectivity index (χ2n) is 17.4. The van der Waals surface area contributed by atoms with Gasteiger partial charge in [-0.25, -0.2) is 9.59 Å². The predicted octanol–water partition coefficient (Wildman–Crippen LogP) is 5.06. The number of aliphatic hydroxyl groups is 1. The van der Waals surface area contributed by atoms with Crippen LogP contribution in [0.25, 0.3) is 0 Å². The summed E-state index contributed by atoms with van der Waals surface area (Å²) in [5, 5.41) is 16.3. The van der Waals surface area contributed by atoms with Crippen LogP contribution in [0.3, 0.4) is 0 Å². The first-order valence-corrected chi connectivity index (χ1v) is 20.3. The normalized spacial score (nSPS) is 16.4.